The van der Waals surface area contributed by atoms with Crippen LogP contribution in [-0.4, -0.2) is 24.4 Å². The Bertz CT molecular complexity index is 698. The van der Waals surface area contributed by atoms with E-state index in [1.54, 1.807) is 0 Å². The number of halogens is 1. The molecule has 2 aromatic rings. The Kier molecular flexibility index (Phi) is 4.12. The molecule has 1 aliphatic heterocycles. The highest BCUT2D eigenvalue weighted by molar-refractivity contribution is 7.21. The van der Waals surface area contributed by atoms with Crippen LogP contribution in [0.3, 0.4) is 0 Å². The maximum atomic E-state index is 12.4. The number of fused-ring (bicyclic) bond motifs is 1. The second-order valence-corrected chi connectivity index (χ2v) is 6.48. The summed E-state index contributed by atoms with van der Waals surface area (Å²) in [4.78, 5) is 24.7. The van der Waals surface area contributed by atoms with Crippen molar-refractivity contribution in [1.29, 1.82) is 0 Å². The van der Waals surface area contributed by atoms with Crippen molar-refractivity contribution in [2.75, 3.05) is 6.54 Å². The number of benzene rings is 1. The molecule has 1 aromatic heterocycles. The number of amides is 2. The molecule has 2 amide bonds. The first-order chi connectivity index (χ1) is 10.2. The Morgan fingerprint density at radius 2 is 2.14 bits per heavy atom. The van der Waals surface area contributed by atoms with E-state index >= 15 is 0 Å². The van der Waals surface area contributed by atoms with E-state index in [0.717, 1.165) is 22.9 Å². The lowest BCUT2D eigenvalue weighted by molar-refractivity contribution is -0.122. The normalized spacial score (nSPS) is 19.1. The average molecular weight is 323 g/mol. The van der Waals surface area contributed by atoms with Gasteiger partial charge in [0.1, 0.15) is 10.9 Å². The molecule has 0 spiro atoms. The smallest absolute Gasteiger partial charge is 0.263 e. The third-order valence-electron chi connectivity index (χ3n) is 3.58. The first-order valence-corrected chi connectivity index (χ1v) is 8.12. The van der Waals surface area contributed by atoms with E-state index in [0.29, 0.717) is 22.9 Å². The van der Waals surface area contributed by atoms with E-state index in [4.69, 9.17) is 11.6 Å². The highest BCUT2D eigenvalue weighted by atomic mass is 35.5. The van der Waals surface area contributed by atoms with Crippen molar-refractivity contribution in [3.63, 3.8) is 0 Å². The fourth-order valence-electron chi connectivity index (χ4n) is 2.46. The van der Waals surface area contributed by atoms with Gasteiger partial charge in [0, 0.05) is 16.6 Å². The van der Waals surface area contributed by atoms with Crippen LogP contribution in [0.2, 0.25) is 5.02 Å². The number of nitrogens with one attached hydrogen (secondary N) is 2. The highest BCUT2D eigenvalue weighted by Gasteiger charge is 2.25. The summed E-state index contributed by atoms with van der Waals surface area (Å²) in [5, 5.41) is 6.95. The van der Waals surface area contributed by atoms with Gasteiger partial charge in [-0.25, -0.2) is 0 Å². The molecule has 2 N–H and O–H groups in total. The molecule has 1 fully saturated rings. The maximum Gasteiger partial charge on any atom is 0.263 e. The summed E-state index contributed by atoms with van der Waals surface area (Å²) < 4.78 is 0.970. The van der Waals surface area contributed by atoms with E-state index < -0.39 is 6.04 Å². The second-order valence-electron chi connectivity index (χ2n) is 5.05. The number of hydrogen-bond donors (Lipinski definition) is 2. The van der Waals surface area contributed by atoms with Gasteiger partial charge in [0.15, 0.2) is 0 Å². The largest absolute Gasteiger partial charge is 0.354 e. The van der Waals surface area contributed by atoms with Crippen LogP contribution in [0.15, 0.2) is 24.3 Å². The van der Waals surface area contributed by atoms with Gasteiger partial charge < -0.3 is 10.6 Å². The van der Waals surface area contributed by atoms with Crippen LogP contribution in [0.25, 0.3) is 10.1 Å². The summed E-state index contributed by atoms with van der Waals surface area (Å²) in [6, 6.07) is 7.16. The van der Waals surface area contributed by atoms with Crippen molar-refractivity contribution in [3.05, 3.63) is 34.2 Å². The Hall–Kier alpha value is -1.59. The molecule has 3 rings (SSSR count). The molecular weight excluding hydrogens is 308 g/mol. The number of hydrogen-bond acceptors (Lipinski definition) is 3. The van der Waals surface area contributed by atoms with Crippen molar-refractivity contribution in [2.45, 2.75) is 25.3 Å². The maximum absolute atomic E-state index is 12.4. The van der Waals surface area contributed by atoms with Gasteiger partial charge in [-0.15, -0.1) is 11.3 Å². The number of rotatable bonds is 2. The molecule has 1 aliphatic rings. The molecule has 2 heterocycles. The second kappa shape index (κ2) is 6.03. The van der Waals surface area contributed by atoms with Gasteiger partial charge >= 0.3 is 0 Å². The minimum atomic E-state index is -0.471. The minimum absolute atomic E-state index is 0.113. The molecule has 110 valence electrons. The van der Waals surface area contributed by atoms with Gasteiger partial charge in [-0.3, -0.25) is 9.59 Å². The first kappa shape index (κ1) is 14.4. The van der Waals surface area contributed by atoms with Crippen LogP contribution < -0.4 is 10.6 Å². The third kappa shape index (κ3) is 2.89. The molecule has 1 unspecified atom stereocenters. The molecule has 21 heavy (non-hydrogen) atoms. The van der Waals surface area contributed by atoms with Crippen molar-refractivity contribution in [3.8, 4) is 0 Å². The molecule has 4 nitrogen and oxygen atoms in total. The zero-order valence-electron chi connectivity index (χ0n) is 11.3. The summed E-state index contributed by atoms with van der Waals surface area (Å²) in [5.41, 5.74) is 0. The Morgan fingerprint density at radius 3 is 2.95 bits per heavy atom. The summed E-state index contributed by atoms with van der Waals surface area (Å²) >= 11 is 7.64. The molecule has 0 saturated carbocycles. The predicted molar refractivity (Wildman–Crippen MR) is 84.9 cm³/mol. The number of carbonyl (C=O) groups is 2. The lowest BCUT2D eigenvalue weighted by Crippen LogP contribution is -2.45. The van der Waals surface area contributed by atoms with Gasteiger partial charge in [-0.1, -0.05) is 29.8 Å². The van der Waals surface area contributed by atoms with Crippen molar-refractivity contribution >= 4 is 44.8 Å². The molecule has 1 atom stereocenters. The molecular formula is C15H15ClN2O2S. The van der Waals surface area contributed by atoms with E-state index in [2.05, 4.69) is 10.6 Å². The molecule has 1 aromatic carbocycles. The van der Waals surface area contributed by atoms with Crippen LogP contribution in [0, 0.1) is 0 Å². The van der Waals surface area contributed by atoms with Crippen LogP contribution in [-0.2, 0) is 4.79 Å². The summed E-state index contributed by atoms with van der Waals surface area (Å²) in [7, 11) is 0. The van der Waals surface area contributed by atoms with Crippen molar-refractivity contribution in [1.82, 2.24) is 10.6 Å². The SMILES string of the molecule is O=C(NC1CCCCNC1=O)c1sc2ccccc2c1Cl. The zero-order valence-corrected chi connectivity index (χ0v) is 12.9. The zero-order chi connectivity index (χ0) is 14.8. The van der Waals surface area contributed by atoms with Gasteiger partial charge in [-0.2, -0.15) is 0 Å². The third-order valence-corrected chi connectivity index (χ3v) is 5.26. The summed E-state index contributed by atoms with van der Waals surface area (Å²) in [6.45, 7) is 0.675. The molecule has 0 bridgehead atoms. The van der Waals surface area contributed by atoms with Crippen LogP contribution in [0.1, 0.15) is 28.9 Å². The number of thiophene rings is 1. The Morgan fingerprint density at radius 1 is 1.33 bits per heavy atom. The minimum Gasteiger partial charge on any atom is -0.354 e. The van der Waals surface area contributed by atoms with Crippen LogP contribution in [0.5, 0.6) is 0 Å². The predicted octanol–water partition coefficient (Wildman–Crippen LogP) is 2.95. The molecule has 1 saturated heterocycles. The Balaban J connectivity index is 1.83. The van der Waals surface area contributed by atoms with Crippen LogP contribution >= 0.6 is 22.9 Å². The quantitative estimate of drug-likeness (QED) is 0.893. The van der Waals surface area contributed by atoms with Gasteiger partial charge in [0.25, 0.3) is 5.91 Å². The van der Waals surface area contributed by atoms with Crippen molar-refractivity contribution in [2.24, 2.45) is 0 Å². The van der Waals surface area contributed by atoms with E-state index in [1.165, 1.54) is 11.3 Å². The Labute approximate surface area is 131 Å². The fraction of sp³-hybridized carbons (Fsp3) is 0.333. The fourth-order valence-corrected chi connectivity index (χ4v) is 3.88. The van der Waals surface area contributed by atoms with Crippen molar-refractivity contribution < 1.29 is 9.59 Å². The standard InChI is InChI=1S/C15H15ClN2O2S/c16-12-9-5-1-2-7-11(9)21-13(12)15(20)18-10-6-3-4-8-17-14(10)19/h1-2,5,7,10H,3-4,6,8H2,(H,17,19)(H,18,20). The lowest BCUT2D eigenvalue weighted by atomic mass is 10.1. The first-order valence-electron chi connectivity index (χ1n) is 6.92. The number of carbonyl (C=O) groups excluding carboxylic acids is 2. The molecule has 0 radical (unpaired) electrons. The van der Waals surface area contributed by atoms with E-state index in [-0.39, 0.29) is 11.8 Å². The van der Waals surface area contributed by atoms with Gasteiger partial charge in [-0.05, 0) is 25.3 Å². The molecule has 0 aliphatic carbocycles. The van der Waals surface area contributed by atoms with Gasteiger partial charge in [0.2, 0.25) is 5.91 Å². The van der Waals surface area contributed by atoms with E-state index in [9.17, 15) is 9.59 Å². The van der Waals surface area contributed by atoms with Gasteiger partial charge in [0.05, 0.1) is 5.02 Å². The van der Waals surface area contributed by atoms with E-state index in [1.807, 2.05) is 24.3 Å². The monoisotopic (exact) mass is 322 g/mol. The summed E-state index contributed by atoms with van der Waals surface area (Å²) in [5.74, 6) is -0.388. The highest BCUT2D eigenvalue weighted by Crippen LogP contribution is 2.35. The molecule has 6 heteroatoms. The average Bonchev–Trinajstić information content (AvgIpc) is 2.69. The summed E-state index contributed by atoms with van der Waals surface area (Å²) in [6.07, 6.45) is 2.53. The van der Waals surface area contributed by atoms with Crippen LogP contribution in [0.4, 0.5) is 0 Å². The topological polar surface area (TPSA) is 58.2 Å². The lowest BCUT2D eigenvalue weighted by Gasteiger charge is -2.14.